The second-order valence-electron chi connectivity index (χ2n) is 8.10. The molecule has 0 atom stereocenters. The van der Waals surface area contributed by atoms with E-state index in [4.69, 9.17) is 9.47 Å². The Bertz CT molecular complexity index is 1380. The van der Waals surface area contributed by atoms with E-state index in [-0.39, 0.29) is 48.1 Å². The van der Waals surface area contributed by atoms with Crippen LogP contribution < -0.4 is 5.32 Å². The van der Waals surface area contributed by atoms with Crippen molar-refractivity contribution in [1.29, 1.82) is 0 Å². The van der Waals surface area contributed by atoms with E-state index in [1.54, 1.807) is 54.6 Å². The highest BCUT2D eigenvalue weighted by atomic mass is 16.6. The van der Waals surface area contributed by atoms with Gasteiger partial charge in [0.25, 0.3) is 0 Å². The van der Waals surface area contributed by atoms with Crippen LogP contribution in [0.15, 0.2) is 102 Å². The van der Waals surface area contributed by atoms with Crippen molar-refractivity contribution in [3.8, 4) is 11.5 Å². The normalized spacial score (nSPS) is 10.6. The van der Waals surface area contributed by atoms with E-state index in [1.807, 2.05) is 0 Å². The van der Waals surface area contributed by atoms with Gasteiger partial charge in [-0.25, -0.2) is 9.59 Å². The van der Waals surface area contributed by atoms with Crippen LogP contribution in [-0.2, 0) is 20.7 Å². The second kappa shape index (κ2) is 13.9. The molecule has 0 spiro atoms. The number of carbonyl (C=O) groups excluding carboxylic acids is 3. The fourth-order valence-electron chi connectivity index (χ4n) is 3.20. The minimum atomic E-state index is -0.641. The minimum Gasteiger partial charge on any atom is -0.507 e. The van der Waals surface area contributed by atoms with Gasteiger partial charge in [0.2, 0.25) is 0 Å². The van der Waals surface area contributed by atoms with E-state index in [0.29, 0.717) is 17.7 Å². The fourth-order valence-corrected chi connectivity index (χ4v) is 3.20. The van der Waals surface area contributed by atoms with Gasteiger partial charge in [-0.15, -0.1) is 5.11 Å². The van der Waals surface area contributed by atoms with E-state index in [1.165, 1.54) is 12.1 Å². The molecule has 0 aliphatic heterocycles. The summed E-state index contributed by atoms with van der Waals surface area (Å²) < 4.78 is 9.99. The van der Waals surface area contributed by atoms with Crippen LogP contribution in [0.1, 0.15) is 21.5 Å². The Labute approximate surface area is 224 Å². The lowest BCUT2D eigenvalue weighted by molar-refractivity contribution is -0.138. The molecule has 0 aliphatic rings. The zero-order valence-electron chi connectivity index (χ0n) is 21.0. The van der Waals surface area contributed by atoms with Gasteiger partial charge in [0.05, 0.1) is 30.0 Å². The van der Waals surface area contributed by atoms with Crippen molar-refractivity contribution >= 4 is 29.2 Å². The average Bonchev–Trinajstić information content (AvgIpc) is 2.95. The molecule has 10 heteroatoms. The summed E-state index contributed by atoms with van der Waals surface area (Å²) in [5, 5.41) is 30.9. The first-order chi connectivity index (χ1) is 18.8. The van der Waals surface area contributed by atoms with Crippen molar-refractivity contribution in [2.24, 2.45) is 10.2 Å². The lowest BCUT2D eigenvalue weighted by Crippen LogP contribution is -2.29. The van der Waals surface area contributed by atoms with E-state index in [0.717, 1.165) is 11.6 Å². The lowest BCUT2D eigenvalue weighted by atomic mass is 10.0. The Morgan fingerprint density at radius 3 is 2.31 bits per heavy atom. The molecular weight excluding hydrogens is 502 g/mol. The van der Waals surface area contributed by atoms with Gasteiger partial charge in [-0.3, -0.25) is 4.79 Å². The molecule has 39 heavy (non-hydrogen) atoms. The third-order valence-electron chi connectivity index (χ3n) is 5.32. The Morgan fingerprint density at radius 1 is 0.897 bits per heavy atom. The molecule has 3 rings (SSSR count). The first kappa shape index (κ1) is 28.3. The highest BCUT2D eigenvalue weighted by Crippen LogP contribution is 2.35. The van der Waals surface area contributed by atoms with Crippen molar-refractivity contribution in [3.63, 3.8) is 0 Å². The van der Waals surface area contributed by atoms with Gasteiger partial charge in [-0.05, 0) is 23.8 Å². The summed E-state index contributed by atoms with van der Waals surface area (Å²) in [6.07, 6.45) is 1.09. The molecule has 0 fully saturated rings. The molecule has 0 unspecified atom stereocenters. The lowest BCUT2D eigenvalue weighted by Gasteiger charge is -2.08. The van der Waals surface area contributed by atoms with Crippen molar-refractivity contribution in [1.82, 2.24) is 5.32 Å². The number of carbonyl (C=O) groups is 3. The number of hydrogen-bond donors (Lipinski definition) is 3. The van der Waals surface area contributed by atoms with Crippen molar-refractivity contribution in [3.05, 3.63) is 108 Å². The Balaban J connectivity index is 1.49. The molecule has 3 N–H and O–H groups in total. The van der Waals surface area contributed by atoms with Gasteiger partial charge in [0.15, 0.2) is 5.78 Å². The maximum Gasteiger partial charge on any atom is 0.407 e. The van der Waals surface area contributed by atoms with Crippen molar-refractivity contribution in [2.45, 2.75) is 6.42 Å². The Morgan fingerprint density at radius 2 is 1.62 bits per heavy atom. The number of alkyl carbamates (subject to hydrolysis) is 1. The first-order valence-corrected chi connectivity index (χ1v) is 11.8. The van der Waals surface area contributed by atoms with Crippen molar-refractivity contribution < 1.29 is 34.1 Å². The molecular formula is C29H27N3O7. The summed E-state index contributed by atoms with van der Waals surface area (Å²) in [6, 6.07) is 17.7. The van der Waals surface area contributed by atoms with E-state index < -0.39 is 17.8 Å². The molecule has 0 saturated carbocycles. The zero-order chi connectivity index (χ0) is 28.2. The summed E-state index contributed by atoms with van der Waals surface area (Å²) in [6.45, 7) is 7.07. The largest absolute Gasteiger partial charge is 0.507 e. The van der Waals surface area contributed by atoms with Crippen LogP contribution >= 0.6 is 0 Å². The van der Waals surface area contributed by atoms with E-state index >= 15 is 0 Å². The summed E-state index contributed by atoms with van der Waals surface area (Å²) >= 11 is 0. The molecule has 1 amide bonds. The molecule has 200 valence electrons. The summed E-state index contributed by atoms with van der Waals surface area (Å²) in [5.74, 6) is -1.71. The third-order valence-corrected chi connectivity index (χ3v) is 5.32. The number of azo groups is 1. The Hall–Kier alpha value is -5.25. The number of aromatic hydroxyl groups is 2. The van der Waals surface area contributed by atoms with Gasteiger partial charge in [0.1, 0.15) is 23.8 Å². The molecule has 3 aromatic rings. The average molecular weight is 530 g/mol. The number of phenols is 2. The number of nitrogens with one attached hydrogen (secondary N) is 1. The number of phenolic OH excluding ortho intramolecular Hbond substituents is 2. The van der Waals surface area contributed by atoms with Crippen LogP contribution in [0.25, 0.3) is 0 Å². The predicted octanol–water partition coefficient (Wildman–Crippen LogP) is 5.30. The molecule has 3 aromatic carbocycles. The number of ketones is 1. The van der Waals surface area contributed by atoms with Crippen LogP contribution in [0, 0.1) is 0 Å². The Kier molecular flexibility index (Phi) is 10.1. The molecule has 0 radical (unpaired) electrons. The van der Waals surface area contributed by atoms with Gasteiger partial charge in [-0.2, -0.15) is 5.11 Å². The summed E-state index contributed by atoms with van der Waals surface area (Å²) in [7, 11) is 0. The summed E-state index contributed by atoms with van der Waals surface area (Å²) in [4.78, 5) is 35.9. The van der Waals surface area contributed by atoms with Crippen LogP contribution in [0.4, 0.5) is 16.2 Å². The van der Waals surface area contributed by atoms with Gasteiger partial charge in [-0.1, -0.05) is 61.7 Å². The van der Waals surface area contributed by atoms with E-state index in [9.17, 15) is 24.6 Å². The van der Waals surface area contributed by atoms with Crippen LogP contribution in [-0.4, -0.2) is 47.8 Å². The van der Waals surface area contributed by atoms with Crippen molar-refractivity contribution in [2.75, 3.05) is 19.8 Å². The predicted molar refractivity (Wildman–Crippen MR) is 144 cm³/mol. The topological polar surface area (TPSA) is 147 Å². The smallest absolute Gasteiger partial charge is 0.407 e. The third kappa shape index (κ3) is 8.39. The molecule has 0 heterocycles. The maximum absolute atomic E-state index is 12.7. The number of hydrogen-bond acceptors (Lipinski definition) is 9. The van der Waals surface area contributed by atoms with Gasteiger partial charge in [0, 0.05) is 18.1 Å². The minimum absolute atomic E-state index is 0.00746. The quantitative estimate of drug-likeness (QED) is 0.0720. The molecule has 0 aromatic heterocycles. The van der Waals surface area contributed by atoms with Crippen LogP contribution in [0.3, 0.4) is 0 Å². The number of ether oxygens (including phenoxy) is 2. The molecule has 0 bridgehead atoms. The number of amides is 1. The first-order valence-electron chi connectivity index (χ1n) is 11.8. The number of rotatable bonds is 12. The SMILES string of the molecule is C=CC(=C)C(=O)OCCNC(=O)OCCc1ccc(N=Nc2cc(C(=O)c3ccccc3)c(O)cc2O)cc1. The zero-order valence-corrected chi connectivity index (χ0v) is 21.0. The highest BCUT2D eigenvalue weighted by molar-refractivity contribution is 6.11. The molecule has 0 saturated heterocycles. The number of esters is 1. The van der Waals surface area contributed by atoms with Gasteiger partial charge >= 0.3 is 12.1 Å². The molecule has 10 nitrogen and oxygen atoms in total. The highest BCUT2D eigenvalue weighted by Gasteiger charge is 2.17. The van der Waals surface area contributed by atoms with Crippen LogP contribution in [0.5, 0.6) is 11.5 Å². The van der Waals surface area contributed by atoms with Crippen LogP contribution in [0.2, 0.25) is 0 Å². The maximum atomic E-state index is 12.7. The van der Waals surface area contributed by atoms with Gasteiger partial charge < -0.3 is 25.0 Å². The van der Waals surface area contributed by atoms with E-state index in [2.05, 4.69) is 28.7 Å². The summed E-state index contributed by atoms with van der Waals surface area (Å²) in [5.41, 5.74) is 1.89. The fraction of sp³-hybridized carbons (Fsp3) is 0.138. The molecule has 0 aliphatic carbocycles. The standard InChI is InChI=1S/C29H27N3O7/c1-3-19(2)28(36)38-16-14-30-29(37)39-15-13-20-9-11-22(12-10-20)31-32-24-17-23(25(33)18-26(24)34)27(35)21-7-5-4-6-8-21/h3-12,17-18,33-34H,1-2,13-16H2,(H,30,37). The number of benzene rings is 3. The monoisotopic (exact) mass is 529 g/mol. The second-order valence-corrected chi connectivity index (χ2v) is 8.10. The number of nitrogens with zero attached hydrogens (tertiary/aromatic N) is 2.